The molecule has 0 spiro atoms. The molecule has 0 bridgehead atoms. The van der Waals surface area contributed by atoms with Crippen LogP contribution in [0, 0.1) is 0 Å². The number of para-hydroxylation sites is 1. The Morgan fingerprint density at radius 2 is 2.07 bits per heavy atom. The largest absolute Gasteiger partial charge is 0.496 e. The van der Waals surface area contributed by atoms with E-state index < -0.39 is 0 Å². The van der Waals surface area contributed by atoms with Gasteiger partial charge in [0.05, 0.1) is 19.8 Å². The van der Waals surface area contributed by atoms with Crippen LogP contribution in [0.2, 0.25) is 0 Å². The molecule has 0 aliphatic heterocycles. The quantitative estimate of drug-likeness (QED) is 0.731. The molecule has 0 saturated heterocycles. The molecule has 1 rings (SSSR count). The van der Waals surface area contributed by atoms with E-state index in [9.17, 15) is 0 Å². The number of hydroxylamine groups is 1. The molecule has 0 fully saturated rings. The van der Waals surface area contributed by atoms with Crippen molar-refractivity contribution in [3.05, 3.63) is 29.8 Å². The lowest BCUT2D eigenvalue weighted by Crippen LogP contribution is -2.19. The highest BCUT2D eigenvalue weighted by atomic mass is 16.6. The normalized spacial score (nSPS) is 12.5. The van der Waals surface area contributed by atoms with Gasteiger partial charge in [-0.2, -0.15) is 5.48 Å². The van der Waals surface area contributed by atoms with Crippen molar-refractivity contribution in [3.63, 3.8) is 0 Å². The Hall–Kier alpha value is -1.06. The molecule has 0 amide bonds. The van der Waals surface area contributed by atoms with Crippen LogP contribution in [0.4, 0.5) is 0 Å². The van der Waals surface area contributed by atoms with Crippen LogP contribution in [0.15, 0.2) is 24.3 Å². The topological polar surface area (TPSA) is 30.5 Å². The zero-order chi connectivity index (χ0) is 10.4. The van der Waals surface area contributed by atoms with Crippen molar-refractivity contribution in [1.82, 2.24) is 5.48 Å². The zero-order valence-corrected chi connectivity index (χ0v) is 8.91. The molecule has 78 valence electrons. The Kier molecular flexibility index (Phi) is 4.43. The highest BCUT2D eigenvalue weighted by molar-refractivity contribution is 5.35. The third kappa shape index (κ3) is 2.72. The average molecular weight is 195 g/mol. The summed E-state index contributed by atoms with van der Waals surface area (Å²) >= 11 is 0. The van der Waals surface area contributed by atoms with E-state index >= 15 is 0 Å². The Balaban J connectivity index is 2.72. The number of benzene rings is 1. The van der Waals surface area contributed by atoms with Gasteiger partial charge >= 0.3 is 0 Å². The maximum atomic E-state index is 5.25. The van der Waals surface area contributed by atoms with Crippen LogP contribution < -0.4 is 10.2 Å². The van der Waals surface area contributed by atoms with Crippen molar-refractivity contribution >= 4 is 0 Å². The summed E-state index contributed by atoms with van der Waals surface area (Å²) in [6, 6.07) is 8.04. The molecule has 3 heteroatoms. The molecule has 0 aliphatic rings. The van der Waals surface area contributed by atoms with Gasteiger partial charge in [-0.05, 0) is 19.9 Å². The van der Waals surface area contributed by atoms with Crippen molar-refractivity contribution in [2.45, 2.75) is 19.9 Å². The molecule has 14 heavy (non-hydrogen) atoms. The minimum atomic E-state index is 0.131. The number of nitrogens with one attached hydrogen (secondary N) is 1. The molecular formula is C11H17NO2. The Morgan fingerprint density at radius 1 is 1.36 bits per heavy atom. The van der Waals surface area contributed by atoms with Gasteiger partial charge < -0.3 is 9.57 Å². The predicted molar refractivity (Wildman–Crippen MR) is 56.2 cm³/mol. The molecule has 0 saturated carbocycles. The van der Waals surface area contributed by atoms with E-state index in [1.807, 2.05) is 38.1 Å². The molecule has 1 aromatic carbocycles. The van der Waals surface area contributed by atoms with Gasteiger partial charge in [0.1, 0.15) is 5.75 Å². The van der Waals surface area contributed by atoms with Crippen LogP contribution in [0.5, 0.6) is 5.75 Å². The molecule has 1 aromatic rings. The summed E-state index contributed by atoms with van der Waals surface area (Å²) in [5.41, 5.74) is 4.04. The van der Waals surface area contributed by atoms with Gasteiger partial charge in [-0.25, -0.2) is 0 Å². The van der Waals surface area contributed by atoms with Crippen molar-refractivity contribution in [2.75, 3.05) is 13.7 Å². The van der Waals surface area contributed by atoms with Gasteiger partial charge in [-0.1, -0.05) is 18.2 Å². The number of ether oxygens (including phenoxy) is 1. The summed E-state index contributed by atoms with van der Waals surface area (Å²) in [6.45, 7) is 4.63. The Labute approximate surface area is 85.0 Å². The van der Waals surface area contributed by atoms with Crippen LogP contribution in [-0.4, -0.2) is 13.7 Å². The summed E-state index contributed by atoms with van der Waals surface area (Å²) in [7, 11) is 1.67. The first-order chi connectivity index (χ1) is 6.79. The SMILES string of the molecule is CCONC(C)c1ccccc1OC. The molecule has 0 radical (unpaired) electrons. The highest BCUT2D eigenvalue weighted by Gasteiger charge is 2.09. The van der Waals surface area contributed by atoms with Crippen LogP contribution >= 0.6 is 0 Å². The fraction of sp³-hybridized carbons (Fsp3) is 0.455. The minimum absolute atomic E-state index is 0.131. The maximum Gasteiger partial charge on any atom is 0.123 e. The fourth-order valence-electron chi connectivity index (χ4n) is 1.30. The summed E-state index contributed by atoms with van der Waals surface area (Å²) in [6.07, 6.45) is 0. The van der Waals surface area contributed by atoms with Gasteiger partial charge in [0.2, 0.25) is 0 Å². The molecule has 0 heterocycles. The zero-order valence-electron chi connectivity index (χ0n) is 8.91. The summed E-state index contributed by atoms with van der Waals surface area (Å²) < 4.78 is 5.25. The summed E-state index contributed by atoms with van der Waals surface area (Å²) in [5, 5.41) is 0. The van der Waals surface area contributed by atoms with E-state index in [2.05, 4.69) is 5.48 Å². The second-order valence-electron chi connectivity index (χ2n) is 3.01. The van der Waals surface area contributed by atoms with Crippen LogP contribution in [-0.2, 0) is 4.84 Å². The number of rotatable bonds is 5. The van der Waals surface area contributed by atoms with Gasteiger partial charge in [-0.15, -0.1) is 0 Å². The molecule has 1 unspecified atom stereocenters. The highest BCUT2D eigenvalue weighted by Crippen LogP contribution is 2.23. The first-order valence-electron chi connectivity index (χ1n) is 4.79. The predicted octanol–water partition coefficient (Wildman–Crippen LogP) is 2.30. The average Bonchev–Trinajstić information content (AvgIpc) is 2.25. The Bertz CT molecular complexity index is 276. The molecule has 1 N–H and O–H groups in total. The number of hydrogen-bond acceptors (Lipinski definition) is 3. The lowest BCUT2D eigenvalue weighted by Gasteiger charge is -2.16. The van der Waals surface area contributed by atoms with E-state index in [0.29, 0.717) is 6.61 Å². The second-order valence-corrected chi connectivity index (χ2v) is 3.01. The van der Waals surface area contributed by atoms with Gasteiger partial charge in [0.25, 0.3) is 0 Å². The third-order valence-corrected chi connectivity index (χ3v) is 2.01. The first kappa shape index (κ1) is 11.0. The van der Waals surface area contributed by atoms with Crippen molar-refractivity contribution in [1.29, 1.82) is 0 Å². The van der Waals surface area contributed by atoms with Crippen molar-refractivity contribution < 1.29 is 9.57 Å². The maximum absolute atomic E-state index is 5.25. The standard InChI is InChI=1S/C11H17NO2/c1-4-14-12-9(2)10-7-5-6-8-11(10)13-3/h5-9,12H,4H2,1-3H3. The number of hydrogen-bond donors (Lipinski definition) is 1. The van der Waals surface area contributed by atoms with Gasteiger partial charge in [0.15, 0.2) is 0 Å². The molecular weight excluding hydrogens is 178 g/mol. The van der Waals surface area contributed by atoms with Crippen LogP contribution in [0.25, 0.3) is 0 Å². The summed E-state index contributed by atoms with van der Waals surface area (Å²) in [5.74, 6) is 0.882. The first-order valence-corrected chi connectivity index (χ1v) is 4.79. The van der Waals surface area contributed by atoms with E-state index in [1.165, 1.54) is 0 Å². The van der Waals surface area contributed by atoms with Crippen LogP contribution in [0.3, 0.4) is 0 Å². The third-order valence-electron chi connectivity index (χ3n) is 2.01. The van der Waals surface area contributed by atoms with E-state index in [1.54, 1.807) is 7.11 Å². The van der Waals surface area contributed by atoms with E-state index in [4.69, 9.17) is 9.57 Å². The van der Waals surface area contributed by atoms with Gasteiger partial charge in [0, 0.05) is 5.56 Å². The van der Waals surface area contributed by atoms with Crippen molar-refractivity contribution in [2.24, 2.45) is 0 Å². The lowest BCUT2D eigenvalue weighted by molar-refractivity contribution is 0.0279. The molecule has 0 aliphatic carbocycles. The molecule has 3 nitrogen and oxygen atoms in total. The van der Waals surface area contributed by atoms with Crippen LogP contribution in [0.1, 0.15) is 25.5 Å². The monoisotopic (exact) mass is 195 g/mol. The van der Waals surface area contributed by atoms with Gasteiger partial charge in [-0.3, -0.25) is 0 Å². The Morgan fingerprint density at radius 3 is 2.71 bits per heavy atom. The molecule has 0 aromatic heterocycles. The van der Waals surface area contributed by atoms with Crippen molar-refractivity contribution in [3.8, 4) is 5.75 Å². The van der Waals surface area contributed by atoms with E-state index in [-0.39, 0.29) is 6.04 Å². The number of methoxy groups -OCH3 is 1. The molecule has 1 atom stereocenters. The lowest BCUT2D eigenvalue weighted by atomic mass is 10.1. The smallest absolute Gasteiger partial charge is 0.123 e. The minimum Gasteiger partial charge on any atom is -0.496 e. The van der Waals surface area contributed by atoms with E-state index in [0.717, 1.165) is 11.3 Å². The summed E-state index contributed by atoms with van der Waals surface area (Å²) in [4.78, 5) is 5.14. The second kappa shape index (κ2) is 5.62. The fourth-order valence-corrected chi connectivity index (χ4v) is 1.30.